The lowest BCUT2D eigenvalue weighted by Crippen LogP contribution is -2.31. The molecule has 0 spiro atoms. The maximum Gasteiger partial charge on any atom is 0.126 e. The number of nitrogens with zero attached hydrogens (tertiary/aromatic N) is 2. The molecule has 0 aliphatic carbocycles. The largest absolute Gasteiger partial charge is 0.316 e. The normalized spacial score (nSPS) is 12.6. The minimum atomic E-state index is -0.132. The summed E-state index contributed by atoms with van der Waals surface area (Å²) in [5.74, 6) is -0.132. The smallest absolute Gasteiger partial charge is 0.126 e. The van der Waals surface area contributed by atoms with Crippen molar-refractivity contribution in [1.29, 1.82) is 0 Å². The summed E-state index contributed by atoms with van der Waals surface area (Å²) in [5, 5.41) is 7.73. The van der Waals surface area contributed by atoms with Crippen LogP contribution in [-0.2, 0) is 19.4 Å². The minimum Gasteiger partial charge on any atom is -0.316 e. The third-order valence-corrected chi connectivity index (χ3v) is 3.57. The standard InChI is InChI=1S/C16H22FN3/c1-4-20-15(9-12(2)19-20)11-14(18-3)10-13-7-5-6-8-16(13)17/h5-9,14,18H,4,10-11H2,1-3H3. The van der Waals surface area contributed by atoms with Gasteiger partial charge in [0.15, 0.2) is 0 Å². The third kappa shape index (κ3) is 3.45. The van der Waals surface area contributed by atoms with Crippen molar-refractivity contribution >= 4 is 0 Å². The van der Waals surface area contributed by atoms with E-state index in [1.54, 1.807) is 6.07 Å². The lowest BCUT2D eigenvalue weighted by Gasteiger charge is -2.17. The molecule has 108 valence electrons. The molecule has 0 bridgehead atoms. The molecule has 1 N–H and O–H groups in total. The summed E-state index contributed by atoms with van der Waals surface area (Å²) in [6.07, 6.45) is 1.52. The van der Waals surface area contributed by atoms with Gasteiger partial charge in [-0.15, -0.1) is 0 Å². The van der Waals surface area contributed by atoms with Crippen molar-refractivity contribution in [3.05, 3.63) is 53.1 Å². The highest BCUT2D eigenvalue weighted by Gasteiger charge is 2.14. The van der Waals surface area contributed by atoms with E-state index in [-0.39, 0.29) is 11.9 Å². The SMILES string of the molecule is CCn1nc(C)cc1CC(Cc1ccccc1F)NC. The second-order valence-corrected chi connectivity index (χ2v) is 5.08. The summed E-state index contributed by atoms with van der Waals surface area (Å²) >= 11 is 0. The van der Waals surface area contributed by atoms with E-state index < -0.39 is 0 Å². The highest BCUT2D eigenvalue weighted by Crippen LogP contribution is 2.13. The molecule has 20 heavy (non-hydrogen) atoms. The van der Waals surface area contributed by atoms with E-state index in [1.165, 1.54) is 11.8 Å². The van der Waals surface area contributed by atoms with Gasteiger partial charge in [-0.1, -0.05) is 18.2 Å². The van der Waals surface area contributed by atoms with Gasteiger partial charge in [-0.3, -0.25) is 4.68 Å². The highest BCUT2D eigenvalue weighted by atomic mass is 19.1. The van der Waals surface area contributed by atoms with Gasteiger partial charge in [0, 0.05) is 24.7 Å². The Bertz CT molecular complexity index is 563. The maximum absolute atomic E-state index is 13.7. The van der Waals surface area contributed by atoms with Gasteiger partial charge < -0.3 is 5.32 Å². The zero-order valence-corrected chi connectivity index (χ0v) is 12.4. The number of benzene rings is 1. The Morgan fingerprint density at radius 1 is 1.30 bits per heavy atom. The molecular formula is C16H22FN3. The van der Waals surface area contributed by atoms with Crippen LogP contribution in [-0.4, -0.2) is 22.9 Å². The van der Waals surface area contributed by atoms with Gasteiger partial charge in [0.2, 0.25) is 0 Å². The van der Waals surface area contributed by atoms with Crippen LogP contribution >= 0.6 is 0 Å². The molecule has 3 nitrogen and oxygen atoms in total. The van der Waals surface area contributed by atoms with Gasteiger partial charge in [-0.05, 0) is 45.0 Å². The van der Waals surface area contributed by atoms with Crippen molar-refractivity contribution < 1.29 is 4.39 Å². The number of aryl methyl sites for hydroxylation is 2. The first-order chi connectivity index (χ1) is 9.63. The topological polar surface area (TPSA) is 29.9 Å². The maximum atomic E-state index is 13.7. The highest BCUT2D eigenvalue weighted by molar-refractivity contribution is 5.19. The summed E-state index contributed by atoms with van der Waals surface area (Å²) in [6.45, 7) is 4.95. The Morgan fingerprint density at radius 3 is 2.70 bits per heavy atom. The number of rotatable bonds is 6. The number of hydrogen-bond acceptors (Lipinski definition) is 2. The Morgan fingerprint density at radius 2 is 2.05 bits per heavy atom. The molecule has 1 aromatic heterocycles. The molecule has 2 rings (SSSR count). The van der Waals surface area contributed by atoms with Crippen LogP contribution in [0, 0.1) is 12.7 Å². The van der Waals surface area contributed by atoms with Gasteiger partial charge in [0.05, 0.1) is 5.69 Å². The Labute approximate surface area is 119 Å². The lowest BCUT2D eigenvalue weighted by atomic mass is 10.0. The van der Waals surface area contributed by atoms with Gasteiger partial charge in [-0.2, -0.15) is 5.10 Å². The Kier molecular flexibility index (Phi) is 4.90. The van der Waals surface area contributed by atoms with Crippen LogP contribution in [0.5, 0.6) is 0 Å². The number of halogens is 1. The first kappa shape index (κ1) is 14.7. The summed E-state index contributed by atoms with van der Waals surface area (Å²) in [4.78, 5) is 0. The fraction of sp³-hybridized carbons (Fsp3) is 0.438. The van der Waals surface area contributed by atoms with Crippen LogP contribution in [0.2, 0.25) is 0 Å². The van der Waals surface area contributed by atoms with Crippen LogP contribution in [0.3, 0.4) is 0 Å². The van der Waals surface area contributed by atoms with Crippen molar-refractivity contribution in [2.45, 2.75) is 39.3 Å². The molecule has 1 atom stereocenters. The average Bonchev–Trinajstić information content (AvgIpc) is 2.80. The molecule has 1 heterocycles. The van der Waals surface area contributed by atoms with Gasteiger partial charge in [-0.25, -0.2) is 4.39 Å². The monoisotopic (exact) mass is 275 g/mol. The Balaban J connectivity index is 2.11. The second kappa shape index (κ2) is 6.66. The van der Waals surface area contributed by atoms with E-state index in [0.29, 0.717) is 6.42 Å². The van der Waals surface area contributed by atoms with Crippen molar-refractivity contribution in [2.75, 3.05) is 7.05 Å². The molecule has 0 fully saturated rings. The van der Waals surface area contributed by atoms with Crippen molar-refractivity contribution in [2.24, 2.45) is 0 Å². The molecule has 0 aliphatic heterocycles. The van der Waals surface area contributed by atoms with Crippen LogP contribution < -0.4 is 5.32 Å². The fourth-order valence-electron chi connectivity index (χ4n) is 2.50. The zero-order valence-electron chi connectivity index (χ0n) is 12.4. The zero-order chi connectivity index (χ0) is 14.5. The molecule has 2 aromatic rings. The van der Waals surface area contributed by atoms with Crippen molar-refractivity contribution in [3.8, 4) is 0 Å². The van der Waals surface area contributed by atoms with Gasteiger partial charge in [0.25, 0.3) is 0 Å². The predicted octanol–water partition coefficient (Wildman–Crippen LogP) is 2.72. The minimum absolute atomic E-state index is 0.132. The summed E-state index contributed by atoms with van der Waals surface area (Å²) in [6, 6.07) is 9.28. The van der Waals surface area contributed by atoms with Crippen molar-refractivity contribution in [3.63, 3.8) is 0 Å². The van der Waals surface area contributed by atoms with E-state index in [4.69, 9.17) is 0 Å². The van der Waals surface area contributed by atoms with Gasteiger partial charge >= 0.3 is 0 Å². The molecule has 0 saturated heterocycles. The van der Waals surface area contributed by atoms with Gasteiger partial charge in [0.1, 0.15) is 5.82 Å². The van der Waals surface area contributed by atoms with Crippen LogP contribution in [0.4, 0.5) is 4.39 Å². The molecular weight excluding hydrogens is 253 g/mol. The number of aromatic nitrogens is 2. The average molecular weight is 275 g/mol. The number of likely N-dealkylation sites (N-methyl/N-ethyl adjacent to an activating group) is 1. The summed E-state index contributed by atoms with van der Waals surface area (Å²) < 4.78 is 15.7. The molecule has 4 heteroatoms. The first-order valence-corrected chi connectivity index (χ1v) is 7.08. The predicted molar refractivity (Wildman–Crippen MR) is 79.3 cm³/mol. The molecule has 0 amide bonds. The first-order valence-electron chi connectivity index (χ1n) is 7.08. The van der Waals surface area contributed by atoms with E-state index >= 15 is 0 Å². The van der Waals surface area contributed by atoms with Crippen molar-refractivity contribution in [1.82, 2.24) is 15.1 Å². The summed E-state index contributed by atoms with van der Waals surface area (Å²) in [7, 11) is 1.92. The molecule has 0 saturated carbocycles. The fourth-order valence-corrected chi connectivity index (χ4v) is 2.50. The van der Waals surface area contributed by atoms with E-state index in [1.807, 2.05) is 30.8 Å². The van der Waals surface area contributed by atoms with Crippen LogP contribution in [0.25, 0.3) is 0 Å². The van der Waals surface area contributed by atoms with Crippen LogP contribution in [0.1, 0.15) is 23.9 Å². The third-order valence-electron chi connectivity index (χ3n) is 3.57. The lowest BCUT2D eigenvalue weighted by molar-refractivity contribution is 0.507. The summed E-state index contributed by atoms with van der Waals surface area (Å²) in [5.41, 5.74) is 2.98. The van der Waals surface area contributed by atoms with E-state index in [2.05, 4.69) is 23.4 Å². The molecule has 0 aliphatic rings. The molecule has 1 unspecified atom stereocenters. The second-order valence-electron chi connectivity index (χ2n) is 5.08. The van der Waals surface area contributed by atoms with Crippen LogP contribution in [0.15, 0.2) is 30.3 Å². The molecule has 1 aromatic carbocycles. The molecule has 0 radical (unpaired) electrons. The van der Waals surface area contributed by atoms with E-state index in [9.17, 15) is 4.39 Å². The van der Waals surface area contributed by atoms with E-state index in [0.717, 1.165) is 24.2 Å². The number of hydrogen-bond donors (Lipinski definition) is 1. The quantitative estimate of drug-likeness (QED) is 0.878. The Hall–Kier alpha value is -1.68. The number of nitrogens with one attached hydrogen (secondary N) is 1.